The number of nitrogens with one attached hydrogen (secondary N) is 1. The smallest absolute Gasteiger partial charge is 0.338 e. The van der Waals surface area contributed by atoms with Gasteiger partial charge in [-0.15, -0.1) is 0 Å². The second-order valence-electron chi connectivity index (χ2n) is 7.52. The number of tetrazole rings is 1. The van der Waals surface area contributed by atoms with Crippen molar-refractivity contribution in [3.05, 3.63) is 35.0 Å². The van der Waals surface area contributed by atoms with Crippen molar-refractivity contribution in [2.24, 2.45) is 0 Å². The first kappa shape index (κ1) is 22.6. The first-order chi connectivity index (χ1) is 15.1. The van der Waals surface area contributed by atoms with Crippen molar-refractivity contribution in [2.45, 2.75) is 58.4 Å². The van der Waals surface area contributed by atoms with Gasteiger partial charge in [0.1, 0.15) is 17.5 Å². The Morgan fingerprint density at radius 1 is 1.13 bits per heavy atom. The molecule has 0 fully saturated rings. The van der Waals surface area contributed by atoms with Gasteiger partial charge in [-0.25, -0.2) is 4.79 Å². The first-order valence-electron chi connectivity index (χ1n) is 10.7. The number of anilines is 1. The standard InChI is InChI=1S/C22H31N5O4/c1-5-6-7-8-9-10-13-31-21(28)19-15(2)23-22-24-25-26-27(22)20(19)17-12-11-16(29-3)14-18(17)30-4/h11-12,14,20H,5-10,13H2,1-4H3,(H,23,24,26)/t20-/m1/s1. The topological polar surface area (TPSA) is 100 Å². The lowest BCUT2D eigenvalue weighted by Gasteiger charge is -2.28. The maximum absolute atomic E-state index is 13.1. The van der Waals surface area contributed by atoms with Crippen molar-refractivity contribution in [2.75, 3.05) is 26.1 Å². The van der Waals surface area contributed by atoms with Crippen LogP contribution in [0.15, 0.2) is 29.5 Å². The van der Waals surface area contributed by atoms with Crippen LogP contribution in [0.4, 0.5) is 5.95 Å². The Bertz CT molecular complexity index is 924. The maximum Gasteiger partial charge on any atom is 0.338 e. The zero-order chi connectivity index (χ0) is 22.2. The predicted molar refractivity (Wildman–Crippen MR) is 116 cm³/mol. The van der Waals surface area contributed by atoms with Crippen molar-refractivity contribution >= 4 is 11.9 Å². The lowest BCUT2D eigenvalue weighted by atomic mass is 9.95. The molecule has 0 saturated carbocycles. The van der Waals surface area contributed by atoms with Crippen LogP contribution in [0.5, 0.6) is 11.5 Å². The van der Waals surface area contributed by atoms with Crippen LogP contribution in [0.1, 0.15) is 64.0 Å². The van der Waals surface area contributed by atoms with Crippen molar-refractivity contribution in [1.82, 2.24) is 20.2 Å². The molecule has 9 nitrogen and oxygen atoms in total. The number of aromatic nitrogens is 4. The van der Waals surface area contributed by atoms with E-state index in [4.69, 9.17) is 14.2 Å². The highest BCUT2D eigenvalue weighted by molar-refractivity contribution is 5.92. The lowest BCUT2D eigenvalue weighted by Crippen LogP contribution is -2.30. The minimum absolute atomic E-state index is 0.386. The van der Waals surface area contributed by atoms with E-state index in [1.807, 2.05) is 19.1 Å². The number of unbranched alkanes of at least 4 members (excludes halogenated alkanes) is 5. The van der Waals surface area contributed by atoms with Gasteiger partial charge >= 0.3 is 5.97 Å². The molecule has 9 heteroatoms. The van der Waals surface area contributed by atoms with Crippen LogP contribution in [-0.4, -0.2) is 47.0 Å². The quantitative estimate of drug-likeness (QED) is 0.424. The van der Waals surface area contributed by atoms with Crippen LogP contribution in [-0.2, 0) is 9.53 Å². The van der Waals surface area contributed by atoms with E-state index in [0.29, 0.717) is 35.3 Å². The number of hydrogen-bond acceptors (Lipinski definition) is 8. The molecule has 0 bridgehead atoms. The molecule has 0 unspecified atom stereocenters. The van der Waals surface area contributed by atoms with Crippen LogP contribution >= 0.6 is 0 Å². The van der Waals surface area contributed by atoms with Gasteiger partial charge in [-0.3, -0.25) is 0 Å². The van der Waals surface area contributed by atoms with Gasteiger partial charge in [0.25, 0.3) is 0 Å². The Kier molecular flexibility index (Phi) is 7.86. The highest BCUT2D eigenvalue weighted by Gasteiger charge is 2.36. The number of fused-ring (bicyclic) bond motifs is 1. The molecule has 0 aliphatic carbocycles. The van der Waals surface area contributed by atoms with E-state index in [1.165, 1.54) is 19.3 Å². The summed E-state index contributed by atoms with van der Waals surface area (Å²) in [7, 11) is 3.17. The molecular weight excluding hydrogens is 398 g/mol. The molecule has 3 rings (SSSR count). The summed E-state index contributed by atoms with van der Waals surface area (Å²) in [6.45, 7) is 4.40. The SMILES string of the molecule is CCCCCCCCOC(=O)C1=C(C)Nc2nnnn2[C@@H]1c1ccc(OC)cc1OC. The molecule has 1 aromatic heterocycles. The summed E-state index contributed by atoms with van der Waals surface area (Å²) in [5.74, 6) is 1.29. The number of ether oxygens (including phenoxy) is 3. The van der Waals surface area contributed by atoms with Gasteiger partial charge in [0.05, 0.1) is 26.4 Å². The second-order valence-corrected chi connectivity index (χ2v) is 7.52. The van der Waals surface area contributed by atoms with E-state index in [2.05, 4.69) is 27.8 Å². The number of carbonyl (C=O) groups is 1. The third-order valence-electron chi connectivity index (χ3n) is 5.40. The summed E-state index contributed by atoms with van der Waals surface area (Å²) in [6, 6.07) is 4.87. The van der Waals surface area contributed by atoms with E-state index >= 15 is 0 Å². The van der Waals surface area contributed by atoms with Crippen LogP contribution in [0.3, 0.4) is 0 Å². The number of nitrogens with zero attached hydrogens (tertiary/aromatic N) is 4. The fraction of sp³-hybridized carbons (Fsp3) is 0.545. The van der Waals surface area contributed by atoms with Gasteiger partial charge in [-0.05, 0) is 35.9 Å². The fourth-order valence-electron chi connectivity index (χ4n) is 3.73. The Morgan fingerprint density at radius 2 is 1.90 bits per heavy atom. The van der Waals surface area contributed by atoms with Crippen LogP contribution in [0.25, 0.3) is 0 Å². The normalized spacial score (nSPS) is 15.3. The third kappa shape index (κ3) is 5.15. The molecule has 1 N–H and O–H groups in total. The highest BCUT2D eigenvalue weighted by atomic mass is 16.5. The highest BCUT2D eigenvalue weighted by Crippen LogP contribution is 2.40. The Balaban J connectivity index is 1.82. The van der Waals surface area contributed by atoms with Crippen molar-refractivity contribution in [3.63, 3.8) is 0 Å². The summed E-state index contributed by atoms with van der Waals surface area (Å²) in [4.78, 5) is 13.1. The molecule has 168 valence electrons. The van der Waals surface area contributed by atoms with Crippen LogP contribution in [0, 0.1) is 0 Å². The number of rotatable bonds is 11. The third-order valence-corrected chi connectivity index (χ3v) is 5.40. The summed E-state index contributed by atoms with van der Waals surface area (Å²) < 4.78 is 18.1. The number of benzene rings is 1. The predicted octanol–water partition coefficient (Wildman–Crippen LogP) is 3.88. The molecule has 1 aliphatic heterocycles. The van der Waals surface area contributed by atoms with E-state index in [9.17, 15) is 4.79 Å². The number of esters is 1. The lowest BCUT2D eigenvalue weighted by molar-refractivity contribution is -0.139. The van der Waals surface area contributed by atoms with Crippen molar-refractivity contribution in [1.29, 1.82) is 0 Å². The monoisotopic (exact) mass is 429 g/mol. The summed E-state index contributed by atoms with van der Waals surface area (Å²) >= 11 is 0. The fourth-order valence-corrected chi connectivity index (χ4v) is 3.73. The average molecular weight is 430 g/mol. The first-order valence-corrected chi connectivity index (χ1v) is 10.7. The average Bonchev–Trinajstić information content (AvgIpc) is 3.25. The number of carbonyl (C=O) groups excluding carboxylic acids is 1. The molecule has 31 heavy (non-hydrogen) atoms. The summed E-state index contributed by atoms with van der Waals surface area (Å²) in [5.41, 5.74) is 1.84. The molecular formula is C22H31N5O4. The Labute approximate surface area is 182 Å². The van der Waals surface area contributed by atoms with Gasteiger partial charge in [-0.2, -0.15) is 4.68 Å². The molecule has 0 saturated heterocycles. The van der Waals surface area contributed by atoms with Crippen molar-refractivity contribution in [3.8, 4) is 11.5 Å². The molecule has 0 amide bonds. The minimum Gasteiger partial charge on any atom is -0.497 e. The zero-order valence-electron chi connectivity index (χ0n) is 18.7. The Hall–Kier alpha value is -3.10. The van der Waals surface area contributed by atoms with E-state index in [0.717, 1.165) is 24.8 Å². The minimum atomic E-state index is -0.579. The molecule has 2 aromatic rings. The van der Waals surface area contributed by atoms with Gasteiger partial charge in [0.2, 0.25) is 5.95 Å². The van der Waals surface area contributed by atoms with Gasteiger partial charge in [0, 0.05) is 17.3 Å². The summed E-state index contributed by atoms with van der Waals surface area (Å²) in [6.07, 6.45) is 6.74. The maximum atomic E-state index is 13.1. The van der Waals surface area contributed by atoms with Crippen LogP contribution in [0.2, 0.25) is 0 Å². The van der Waals surface area contributed by atoms with E-state index < -0.39 is 6.04 Å². The van der Waals surface area contributed by atoms with Crippen molar-refractivity contribution < 1.29 is 19.0 Å². The van der Waals surface area contributed by atoms with E-state index in [-0.39, 0.29) is 5.97 Å². The molecule has 1 aliphatic rings. The van der Waals surface area contributed by atoms with Gasteiger partial charge in [-0.1, -0.05) is 44.1 Å². The molecule has 0 radical (unpaired) electrons. The zero-order valence-corrected chi connectivity index (χ0v) is 18.7. The number of hydrogen-bond donors (Lipinski definition) is 1. The molecule has 1 aromatic carbocycles. The van der Waals surface area contributed by atoms with Crippen LogP contribution < -0.4 is 14.8 Å². The summed E-state index contributed by atoms with van der Waals surface area (Å²) in [5, 5.41) is 15.0. The second kappa shape index (κ2) is 10.8. The molecule has 2 heterocycles. The van der Waals surface area contributed by atoms with Gasteiger partial charge < -0.3 is 19.5 Å². The Morgan fingerprint density at radius 3 is 2.65 bits per heavy atom. The van der Waals surface area contributed by atoms with E-state index in [1.54, 1.807) is 25.0 Å². The molecule has 1 atom stereocenters. The number of allylic oxidation sites excluding steroid dienone is 1. The number of methoxy groups -OCH3 is 2. The molecule has 0 spiro atoms. The van der Waals surface area contributed by atoms with Gasteiger partial charge in [0.15, 0.2) is 0 Å². The largest absolute Gasteiger partial charge is 0.497 e.